The molecule has 0 fully saturated rings. The van der Waals surface area contributed by atoms with Crippen molar-refractivity contribution in [2.45, 2.75) is 457 Å². The van der Waals surface area contributed by atoms with E-state index in [4.69, 9.17) is 9.47 Å². The van der Waals surface area contributed by atoms with Crippen molar-refractivity contribution in [3.8, 4) is 0 Å². The van der Waals surface area contributed by atoms with E-state index in [2.05, 4.69) is 62.5 Å². The molecule has 1 N–H and O–H groups in total. The Labute approximate surface area is 551 Å². The minimum atomic E-state index is -0.770. The number of carbonyl (C=O) groups excluding carboxylic acids is 2. The highest BCUT2D eigenvalue weighted by atomic mass is 16.6. The smallest absolute Gasteiger partial charge is 0.306 e. The zero-order chi connectivity index (χ0) is 63.3. The highest BCUT2D eigenvalue weighted by Gasteiger charge is 2.16. The van der Waals surface area contributed by atoms with Gasteiger partial charge < -0.3 is 14.6 Å². The summed E-state index contributed by atoms with van der Waals surface area (Å²) in [6.45, 7) is 4.19. The molecule has 0 rings (SSSR count). The van der Waals surface area contributed by atoms with Crippen LogP contribution in [-0.2, 0) is 19.1 Å². The maximum atomic E-state index is 12.4. The Hall–Kier alpha value is -2.14. The molecule has 0 aliphatic carbocycles. The summed E-state index contributed by atoms with van der Waals surface area (Å²) >= 11 is 0. The summed E-state index contributed by atoms with van der Waals surface area (Å²) in [7, 11) is 0. The van der Waals surface area contributed by atoms with E-state index in [-0.39, 0.29) is 25.2 Å². The first-order chi connectivity index (χ1) is 43.6. The maximum absolute atomic E-state index is 12.4. The fourth-order valence-electron chi connectivity index (χ4n) is 12.6. The summed E-state index contributed by atoms with van der Waals surface area (Å²) in [5, 5.41) is 9.73. The van der Waals surface area contributed by atoms with Crippen molar-refractivity contribution in [2.75, 3.05) is 13.2 Å². The van der Waals surface area contributed by atoms with Crippen LogP contribution in [0.2, 0.25) is 0 Å². The molecule has 1 unspecified atom stereocenters. The molecule has 5 heteroatoms. The third-order valence-electron chi connectivity index (χ3n) is 18.6. The van der Waals surface area contributed by atoms with Crippen LogP contribution in [0.25, 0.3) is 0 Å². The lowest BCUT2D eigenvalue weighted by Gasteiger charge is -2.15. The molecule has 88 heavy (non-hydrogen) atoms. The Balaban J connectivity index is 3.36. The molecule has 0 aliphatic rings. The average Bonchev–Trinajstić information content (AvgIpc) is 3.56. The van der Waals surface area contributed by atoms with Gasteiger partial charge in [-0.25, -0.2) is 0 Å². The third kappa shape index (κ3) is 76.3. The average molecular weight is 1230 g/mol. The molecule has 0 amide bonds. The maximum Gasteiger partial charge on any atom is 0.306 e. The number of rotatable bonds is 76. The van der Waals surface area contributed by atoms with Gasteiger partial charge in [-0.05, 0) is 77.0 Å². The molecule has 0 aromatic rings. The number of unbranched alkanes of at least 4 members (excludes halogenated alkanes) is 60. The van der Waals surface area contributed by atoms with E-state index in [9.17, 15) is 14.7 Å². The standard InChI is InChI=1S/C83H156O5/c1-3-5-7-9-11-13-15-17-19-21-23-25-27-29-31-33-35-37-38-39-40-41-42-43-44-46-48-50-52-54-56-58-60-62-64-66-68-70-72-74-76-78-83(86)88-81(79-84)80-87-82(85)77-75-73-71-69-67-65-63-61-59-57-55-53-51-49-47-45-36-34-32-30-28-26-24-22-20-18-16-14-12-10-8-6-4-2/h15-18,21-24,81,84H,3-14,19-20,25-80H2,1-2H3/b17-15-,18-16-,23-21-,24-22-. The van der Waals surface area contributed by atoms with Crippen LogP contribution in [0, 0.1) is 0 Å². The Morgan fingerprint density at radius 1 is 0.261 bits per heavy atom. The van der Waals surface area contributed by atoms with Crippen LogP contribution in [0.3, 0.4) is 0 Å². The largest absolute Gasteiger partial charge is 0.462 e. The molecule has 0 saturated heterocycles. The minimum Gasteiger partial charge on any atom is -0.462 e. The second-order valence-corrected chi connectivity index (χ2v) is 27.5. The molecule has 1 atom stereocenters. The fourth-order valence-corrected chi connectivity index (χ4v) is 12.6. The van der Waals surface area contributed by atoms with Gasteiger partial charge in [-0.15, -0.1) is 0 Å². The first-order valence-corrected chi connectivity index (χ1v) is 40.2. The van der Waals surface area contributed by atoms with Crippen LogP contribution < -0.4 is 0 Å². The lowest BCUT2D eigenvalue weighted by Crippen LogP contribution is -2.28. The summed E-state index contributed by atoms with van der Waals surface area (Å²) < 4.78 is 10.8. The van der Waals surface area contributed by atoms with Crippen molar-refractivity contribution in [2.24, 2.45) is 0 Å². The topological polar surface area (TPSA) is 72.8 Å². The Kier molecular flexibility index (Phi) is 77.2. The molecule has 0 saturated carbocycles. The molecule has 0 bridgehead atoms. The van der Waals surface area contributed by atoms with Crippen molar-refractivity contribution in [1.29, 1.82) is 0 Å². The highest BCUT2D eigenvalue weighted by Crippen LogP contribution is 2.20. The molecule has 0 aromatic heterocycles. The second kappa shape index (κ2) is 79.1. The van der Waals surface area contributed by atoms with Crippen LogP contribution in [0.15, 0.2) is 48.6 Å². The Morgan fingerprint density at radius 2 is 0.455 bits per heavy atom. The third-order valence-corrected chi connectivity index (χ3v) is 18.6. The van der Waals surface area contributed by atoms with Crippen molar-refractivity contribution < 1.29 is 24.2 Å². The minimum absolute atomic E-state index is 0.0589. The quantitative estimate of drug-likeness (QED) is 0.0373. The number of aliphatic hydroxyl groups is 1. The van der Waals surface area contributed by atoms with Crippen LogP contribution >= 0.6 is 0 Å². The molecule has 5 nitrogen and oxygen atoms in total. The van der Waals surface area contributed by atoms with E-state index in [1.54, 1.807) is 0 Å². The Bertz CT molecular complexity index is 1450. The van der Waals surface area contributed by atoms with Crippen LogP contribution in [0.4, 0.5) is 0 Å². The molecule has 0 radical (unpaired) electrons. The number of aliphatic hydroxyl groups excluding tert-OH is 1. The predicted octanol–water partition coefficient (Wildman–Crippen LogP) is 28.2. The Morgan fingerprint density at radius 3 is 0.670 bits per heavy atom. The van der Waals surface area contributed by atoms with Crippen molar-refractivity contribution in [1.82, 2.24) is 0 Å². The van der Waals surface area contributed by atoms with E-state index in [1.807, 2.05) is 0 Å². The van der Waals surface area contributed by atoms with Gasteiger partial charge >= 0.3 is 11.9 Å². The number of ether oxygens (including phenoxy) is 2. The molecular weight excluding hydrogens is 1080 g/mol. The zero-order valence-electron chi connectivity index (χ0n) is 59.8. The normalized spacial score (nSPS) is 12.4. The zero-order valence-corrected chi connectivity index (χ0v) is 59.8. The van der Waals surface area contributed by atoms with Gasteiger partial charge in [0.2, 0.25) is 0 Å². The lowest BCUT2D eigenvalue weighted by molar-refractivity contribution is -0.161. The van der Waals surface area contributed by atoms with E-state index in [1.165, 1.54) is 379 Å². The van der Waals surface area contributed by atoms with E-state index in [0.717, 1.165) is 44.9 Å². The number of esters is 2. The summed E-state index contributed by atoms with van der Waals surface area (Å²) in [5.74, 6) is -0.562. The molecule has 0 aliphatic heterocycles. The van der Waals surface area contributed by atoms with Crippen LogP contribution in [0.5, 0.6) is 0 Å². The number of allylic oxidation sites excluding steroid dienone is 8. The van der Waals surface area contributed by atoms with Crippen LogP contribution in [-0.4, -0.2) is 36.4 Å². The first-order valence-electron chi connectivity index (χ1n) is 40.2. The molecular formula is C83H156O5. The number of carbonyl (C=O) groups is 2. The van der Waals surface area contributed by atoms with Crippen molar-refractivity contribution in [3.63, 3.8) is 0 Å². The summed E-state index contributed by atoms with van der Waals surface area (Å²) in [4.78, 5) is 24.7. The summed E-state index contributed by atoms with van der Waals surface area (Å²) in [6, 6.07) is 0. The van der Waals surface area contributed by atoms with Gasteiger partial charge in [0.1, 0.15) is 6.61 Å². The van der Waals surface area contributed by atoms with Gasteiger partial charge in [0, 0.05) is 12.8 Å². The summed E-state index contributed by atoms with van der Waals surface area (Å²) in [5.41, 5.74) is 0. The second-order valence-electron chi connectivity index (χ2n) is 27.5. The predicted molar refractivity (Wildman–Crippen MR) is 390 cm³/mol. The van der Waals surface area contributed by atoms with Gasteiger partial charge in [-0.3, -0.25) is 9.59 Å². The van der Waals surface area contributed by atoms with E-state index < -0.39 is 6.10 Å². The first kappa shape index (κ1) is 85.9. The van der Waals surface area contributed by atoms with Crippen molar-refractivity contribution in [3.05, 3.63) is 48.6 Å². The number of hydrogen-bond acceptors (Lipinski definition) is 5. The summed E-state index contributed by atoms with van der Waals surface area (Å²) in [6.07, 6.45) is 108. The highest BCUT2D eigenvalue weighted by molar-refractivity contribution is 5.70. The van der Waals surface area contributed by atoms with Gasteiger partial charge in [0.15, 0.2) is 6.10 Å². The van der Waals surface area contributed by atoms with E-state index in [0.29, 0.717) is 12.8 Å². The van der Waals surface area contributed by atoms with E-state index >= 15 is 0 Å². The monoisotopic (exact) mass is 1230 g/mol. The van der Waals surface area contributed by atoms with Crippen molar-refractivity contribution >= 4 is 11.9 Å². The lowest BCUT2D eigenvalue weighted by atomic mass is 10.0. The van der Waals surface area contributed by atoms with Gasteiger partial charge in [0.25, 0.3) is 0 Å². The molecule has 0 heterocycles. The van der Waals surface area contributed by atoms with Gasteiger partial charge in [-0.2, -0.15) is 0 Å². The van der Waals surface area contributed by atoms with Gasteiger partial charge in [0.05, 0.1) is 6.61 Å². The molecule has 0 spiro atoms. The van der Waals surface area contributed by atoms with Gasteiger partial charge in [-0.1, -0.05) is 409 Å². The number of hydrogen-bond donors (Lipinski definition) is 1. The van der Waals surface area contributed by atoms with Crippen LogP contribution in [0.1, 0.15) is 450 Å². The fraction of sp³-hybridized carbons (Fsp3) is 0.880. The molecule has 518 valence electrons. The molecule has 0 aromatic carbocycles. The SMILES string of the molecule is CCCCCCC/C=C\C/C=C\CCCCCCCCCCCCCCCCCCCCCCCCCCCCCCCC(=O)OC(CO)COC(=O)CCCCCCCCCCCCCCCCCCCCCCC/C=C\C/C=C\CCCCCCC.